The Morgan fingerprint density at radius 1 is 2.00 bits per heavy atom. The molecule has 0 aliphatic carbocycles. The molecular formula is C5H7IO. The molecule has 1 heterocycles. The fraction of sp³-hybridized carbons (Fsp3) is 0.600. The fourth-order valence-electron chi connectivity index (χ4n) is 0.547. The smallest absolute Gasteiger partial charge is 0.153 e. The van der Waals surface area contributed by atoms with Crippen molar-refractivity contribution in [3.05, 3.63) is 9.84 Å². The first-order valence-corrected chi connectivity index (χ1v) is 3.39. The van der Waals surface area contributed by atoms with Gasteiger partial charge in [-0.1, -0.05) is 0 Å². The van der Waals surface area contributed by atoms with Crippen molar-refractivity contribution in [2.75, 3.05) is 0 Å². The van der Waals surface area contributed by atoms with Crippen LogP contribution in [-0.2, 0) is 4.74 Å². The minimum Gasteiger partial charge on any atom is -0.485 e. The molecule has 0 fully saturated rings. The second-order valence-electron chi connectivity index (χ2n) is 1.67. The predicted molar refractivity (Wildman–Crippen MR) is 37.3 cm³/mol. The van der Waals surface area contributed by atoms with Gasteiger partial charge in [-0.25, -0.2) is 0 Å². The van der Waals surface area contributed by atoms with Gasteiger partial charge in [0.2, 0.25) is 0 Å². The van der Waals surface area contributed by atoms with E-state index in [2.05, 4.69) is 35.6 Å². The Labute approximate surface area is 56.9 Å². The maximum Gasteiger partial charge on any atom is 0.153 e. The molecule has 0 N–H and O–H groups in total. The highest BCUT2D eigenvalue weighted by Crippen LogP contribution is 2.20. The van der Waals surface area contributed by atoms with E-state index in [1.54, 1.807) is 0 Å². The fourth-order valence-corrected chi connectivity index (χ4v) is 1.24. The molecule has 0 saturated carbocycles. The van der Waals surface area contributed by atoms with Crippen molar-refractivity contribution < 1.29 is 4.74 Å². The van der Waals surface area contributed by atoms with Gasteiger partial charge in [0.1, 0.15) is 6.10 Å². The minimum atomic E-state index is 0.423. The van der Waals surface area contributed by atoms with Crippen molar-refractivity contribution in [1.82, 2.24) is 0 Å². The zero-order valence-electron chi connectivity index (χ0n) is 4.15. The molecule has 40 valence electrons. The van der Waals surface area contributed by atoms with Crippen LogP contribution in [0.5, 0.6) is 0 Å². The van der Waals surface area contributed by atoms with Gasteiger partial charge in [0, 0.05) is 6.42 Å². The lowest BCUT2D eigenvalue weighted by Gasteiger charge is -2.00. The first-order chi connectivity index (χ1) is 3.29. The van der Waals surface area contributed by atoms with E-state index in [4.69, 9.17) is 4.74 Å². The van der Waals surface area contributed by atoms with Gasteiger partial charge in [-0.3, -0.25) is 0 Å². The Bertz CT molecular complexity index is 98.3. The summed E-state index contributed by atoms with van der Waals surface area (Å²) in [6.45, 7) is 2.07. The van der Waals surface area contributed by atoms with E-state index >= 15 is 0 Å². The van der Waals surface area contributed by atoms with Gasteiger partial charge in [-0.05, 0) is 35.6 Å². The average molecular weight is 210 g/mol. The normalized spacial score (nSPS) is 29.4. The SMILES string of the molecule is CC1CC=C(I)O1. The number of rotatable bonds is 0. The molecule has 0 bridgehead atoms. The second-order valence-corrected chi connectivity index (χ2v) is 2.74. The van der Waals surface area contributed by atoms with Gasteiger partial charge in [0.25, 0.3) is 0 Å². The van der Waals surface area contributed by atoms with Crippen LogP contribution in [0.15, 0.2) is 9.84 Å². The third kappa shape index (κ3) is 1.33. The minimum absolute atomic E-state index is 0.423. The van der Waals surface area contributed by atoms with Crippen molar-refractivity contribution in [2.24, 2.45) is 0 Å². The highest BCUT2D eigenvalue weighted by molar-refractivity contribution is 14.1. The lowest BCUT2D eigenvalue weighted by atomic mass is 10.3. The molecule has 0 amide bonds. The van der Waals surface area contributed by atoms with Gasteiger partial charge in [-0.2, -0.15) is 0 Å². The molecule has 7 heavy (non-hydrogen) atoms. The van der Waals surface area contributed by atoms with E-state index in [-0.39, 0.29) is 0 Å². The Hall–Kier alpha value is 0.270. The average Bonchev–Trinajstić information content (AvgIpc) is 1.87. The Kier molecular flexibility index (Phi) is 1.57. The molecule has 1 nitrogen and oxygen atoms in total. The molecule has 1 aliphatic heterocycles. The molecule has 1 unspecified atom stereocenters. The maximum atomic E-state index is 5.21. The number of hydrogen-bond acceptors (Lipinski definition) is 1. The van der Waals surface area contributed by atoms with Gasteiger partial charge >= 0.3 is 0 Å². The molecule has 1 atom stereocenters. The van der Waals surface area contributed by atoms with Crippen LogP contribution in [0.25, 0.3) is 0 Å². The van der Waals surface area contributed by atoms with E-state index in [0.717, 1.165) is 10.2 Å². The zero-order chi connectivity index (χ0) is 5.28. The lowest BCUT2D eigenvalue weighted by molar-refractivity contribution is 0.185. The summed E-state index contributed by atoms with van der Waals surface area (Å²) < 4.78 is 6.26. The summed E-state index contributed by atoms with van der Waals surface area (Å²) >= 11 is 2.19. The molecule has 0 radical (unpaired) electrons. The van der Waals surface area contributed by atoms with Gasteiger partial charge in [0.15, 0.2) is 3.77 Å². The Morgan fingerprint density at radius 3 is 2.86 bits per heavy atom. The first kappa shape index (κ1) is 5.41. The quantitative estimate of drug-likeness (QED) is 0.556. The monoisotopic (exact) mass is 210 g/mol. The molecule has 0 spiro atoms. The molecule has 0 saturated heterocycles. The summed E-state index contributed by atoms with van der Waals surface area (Å²) in [5, 5.41) is 0. The summed E-state index contributed by atoms with van der Waals surface area (Å²) in [4.78, 5) is 0. The van der Waals surface area contributed by atoms with Crippen molar-refractivity contribution in [2.45, 2.75) is 19.4 Å². The van der Waals surface area contributed by atoms with Crippen LogP contribution in [0.4, 0.5) is 0 Å². The molecule has 1 rings (SSSR count). The van der Waals surface area contributed by atoms with Crippen molar-refractivity contribution in [1.29, 1.82) is 0 Å². The summed E-state index contributed by atoms with van der Waals surface area (Å²) in [7, 11) is 0. The van der Waals surface area contributed by atoms with Crippen LogP contribution in [0.2, 0.25) is 0 Å². The number of halogens is 1. The van der Waals surface area contributed by atoms with Gasteiger partial charge in [-0.15, -0.1) is 0 Å². The van der Waals surface area contributed by atoms with Gasteiger partial charge in [0.05, 0.1) is 0 Å². The summed E-state index contributed by atoms with van der Waals surface area (Å²) in [5.74, 6) is 0. The molecule has 1 aliphatic rings. The zero-order valence-corrected chi connectivity index (χ0v) is 6.31. The predicted octanol–water partition coefficient (Wildman–Crippen LogP) is 2.07. The maximum absolute atomic E-state index is 5.21. The highest BCUT2D eigenvalue weighted by Gasteiger charge is 2.08. The second kappa shape index (κ2) is 2.03. The molecular weight excluding hydrogens is 203 g/mol. The topological polar surface area (TPSA) is 9.23 Å². The van der Waals surface area contributed by atoms with Crippen LogP contribution in [0.1, 0.15) is 13.3 Å². The van der Waals surface area contributed by atoms with E-state index < -0.39 is 0 Å². The van der Waals surface area contributed by atoms with E-state index in [1.165, 1.54) is 0 Å². The van der Waals surface area contributed by atoms with Crippen molar-refractivity contribution in [3.8, 4) is 0 Å². The molecule has 0 aromatic heterocycles. The summed E-state index contributed by atoms with van der Waals surface area (Å²) in [5.41, 5.74) is 0. The number of ether oxygens (including phenoxy) is 1. The number of hydrogen-bond donors (Lipinski definition) is 0. The van der Waals surface area contributed by atoms with Crippen molar-refractivity contribution >= 4 is 22.6 Å². The standard InChI is InChI=1S/C5H7IO/c1-4-2-3-5(6)7-4/h3-4H,2H2,1H3. The van der Waals surface area contributed by atoms with Crippen LogP contribution < -0.4 is 0 Å². The highest BCUT2D eigenvalue weighted by atomic mass is 127. The van der Waals surface area contributed by atoms with E-state index in [9.17, 15) is 0 Å². The van der Waals surface area contributed by atoms with Crippen LogP contribution in [-0.4, -0.2) is 6.10 Å². The van der Waals surface area contributed by atoms with E-state index in [1.807, 2.05) is 0 Å². The first-order valence-electron chi connectivity index (χ1n) is 2.31. The van der Waals surface area contributed by atoms with Gasteiger partial charge < -0.3 is 4.74 Å². The lowest BCUT2D eigenvalue weighted by Crippen LogP contribution is -1.95. The van der Waals surface area contributed by atoms with Crippen LogP contribution >= 0.6 is 22.6 Å². The van der Waals surface area contributed by atoms with Crippen LogP contribution in [0, 0.1) is 0 Å². The Morgan fingerprint density at radius 2 is 2.71 bits per heavy atom. The van der Waals surface area contributed by atoms with E-state index in [0.29, 0.717) is 6.10 Å². The molecule has 0 aromatic rings. The largest absolute Gasteiger partial charge is 0.485 e. The summed E-state index contributed by atoms with van der Waals surface area (Å²) in [6.07, 6.45) is 3.61. The third-order valence-corrected chi connectivity index (χ3v) is 1.62. The molecule has 0 aromatic carbocycles. The van der Waals surface area contributed by atoms with Crippen LogP contribution in [0.3, 0.4) is 0 Å². The Balaban J connectivity index is 2.42. The summed E-state index contributed by atoms with van der Waals surface area (Å²) in [6, 6.07) is 0. The third-order valence-electron chi connectivity index (χ3n) is 0.924. The molecule has 2 heteroatoms. The van der Waals surface area contributed by atoms with Crippen molar-refractivity contribution in [3.63, 3.8) is 0 Å².